The summed E-state index contributed by atoms with van der Waals surface area (Å²) >= 11 is 0. The van der Waals surface area contributed by atoms with Crippen LogP contribution < -0.4 is 0 Å². The summed E-state index contributed by atoms with van der Waals surface area (Å²) in [5, 5.41) is 8.32. The summed E-state index contributed by atoms with van der Waals surface area (Å²) in [6, 6.07) is 10.0. The second kappa shape index (κ2) is 9.85. The Labute approximate surface area is 108 Å². The lowest BCUT2D eigenvalue weighted by atomic mass is 10.2. The molecule has 0 fully saturated rings. The molecular formula is C16H18O2. The van der Waals surface area contributed by atoms with Gasteiger partial charge in [-0.1, -0.05) is 74.4 Å². The van der Waals surface area contributed by atoms with E-state index in [0.29, 0.717) is 6.42 Å². The third-order valence-corrected chi connectivity index (χ3v) is 1.97. The van der Waals surface area contributed by atoms with Crippen molar-refractivity contribution in [2.24, 2.45) is 0 Å². The van der Waals surface area contributed by atoms with Gasteiger partial charge in [-0.25, -0.2) is 4.79 Å². The summed E-state index contributed by atoms with van der Waals surface area (Å²) in [6.07, 6.45) is 7.19. The molecule has 1 aromatic carbocycles. The van der Waals surface area contributed by atoms with Crippen LogP contribution in [0, 0.1) is 0 Å². The van der Waals surface area contributed by atoms with Crippen LogP contribution in [0.4, 0.5) is 0 Å². The molecule has 0 saturated heterocycles. The first-order valence-corrected chi connectivity index (χ1v) is 5.48. The number of benzene rings is 1. The molecule has 0 saturated carbocycles. The number of hydrogen-bond acceptors (Lipinski definition) is 1. The molecule has 18 heavy (non-hydrogen) atoms. The first kappa shape index (κ1) is 15.7. The lowest BCUT2D eigenvalue weighted by Crippen LogP contribution is -1.96. The Morgan fingerprint density at radius 1 is 1.22 bits per heavy atom. The molecule has 0 unspecified atom stereocenters. The van der Waals surface area contributed by atoms with Crippen molar-refractivity contribution in [3.05, 3.63) is 79.4 Å². The summed E-state index contributed by atoms with van der Waals surface area (Å²) < 4.78 is 0. The van der Waals surface area contributed by atoms with E-state index in [2.05, 4.69) is 19.7 Å². The third kappa shape index (κ3) is 7.88. The summed E-state index contributed by atoms with van der Waals surface area (Å²) in [6.45, 7) is 10.4. The zero-order valence-corrected chi connectivity index (χ0v) is 10.4. The number of allylic oxidation sites excluding steroid dienone is 3. The molecule has 0 atom stereocenters. The van der Waals surface area contributed by atoms with Gasteiger partial charge in [-0.3, -0.25) is 0 Å². The van der Waals surface area contributed by atoms with Gasteiger partial charge in [0.05, 0.1) is 0 Å². The summed E-state index contributed by atoms with van der Waals surface area (Å²) in [4.78, 5) is 10.1. The highest BCUT2D eigenvalue weighted by molar-refractivity contribution is 5.86. The van der Waals surface area contributed by atoms with Crippen molar-refractivity contribution in [2.75, 3.05) is 0 Å². The van der Waals surface area contributed by atoms with Crippen molar-refractivity contribution in [1.29, 1.82) is 0 Å². The first-order valence-electron chi connectivity index (χ1n) is 5.48. The van der Waals surface area contributed by atoms with Crippen LogP contribution in [0.3, 0.4) is 0 Å². The van der Waals surface area contributed by atoms with Crippen LogP contribution in [-0.2, 0) is 4.79 Å². The highest BCUT2D eigenvalue weighted by Gasteiger charge is 1.98. The van der Waals surface area contributed by atoms with Gasteiger partial charge in [-0.2, -0.15) is 0 Å². The predicted octanol–water partition coefficient (Wildman–Crippen LogP) is 4.09. The number of rotatable bonds is 5. The van der Waals surface area contributed by atoms with Gasteiger partial charge >= 0.3 is 5.97 Å². The average Bonchev–Trinajstić information content (AvgIpc) is 2.40. The molecule has 1 aromatic rings. The van der Waals surface area contributed by atoms with Crippen LogP contribution in [0.15, 0.2) is 73.9 Å². The largest absolute Gasteiger partial charge is 0.478 e. The SMILES string of the molecule is C=CC=CCC(=C)C(=O)O.C=Cc1ccccc1. The zero-order chi connectivity index (χ0) is 13.8. The molecule has 94 valence electrons. The van der Waals surface area contributed by atoms with Crippen LogP contribution in [0.25, 0.3) is 6.08 Å². The molecule has 0 bridgehead atoms. The van der Waals surface area contributed by atoms with Gasteiger partial charge in [0.2, 0.25) is 0 Å². The second-order valence-electron chi connectivity index (χ2n) is 3.39. The molecule has 0 spiro atoms. The number of carboxylic acid groups (broad SMARTS) is 1. The van der Waals surface area contributed by atoms with Gasteiger partial charge in [0.25, 0.3) is 0 Å². The van der Waals surface area contributed by atoms with Crippen LogP contribution in [0.2, 0.25) is 0 Å². The van der Waals surface area contributed by atoms with Crippen molar-refractivity contribution in [1.82, 2.24) is 0 Å². The fraction of sp³-hybridized carbons (Fsp3) is 0.0625. The smallest absolute Gasteiger partial charge is 0.331 e. The lowest BCUT2D eigenvalue weighted by molar-refractivity contribution is -0.132. The van der Waals surface area contributed by atoms with E-state index in [1.807, 2.05) is 36.4 Å². The van der Waals surface area contributed by atoms with E-state index in [1.54, 1.807) is 18.2 Å². The molecule has 2 nitrogen and oxygen atoms in total. The predicted molar refractivity (Wildman–Crippen MR) is 77.3 cm³/mol. The number of carboxylic acids is 1. The van der Waals surface area contributed by atoms with E-state index in [-0.39, 0.29) is 5.57 Å². The maximum absolute atomic E-state index is 10.1. The highest BCUT2D eigenvalue weighted by atomic mass is 16.4. The Balaban J connectivity index is 0.000000327. The molecule has 0 aromatic heterocycles. The maximum Gasteiger partial charge on any atom is 0.331 e. The molecular weight excluding hydrogens is 224 g/mol. The van der Waals surface area contributed by atoms with Crippen molar-refractivity contribution >= 4 is 12.0 Å². The van der Waals surface area contributed by atoms with E-state index < -0.39 is 5.97 Å². The van der Waals surface area contributed by atoms with E-state index in [0.717, 1.165) is 0 Å². The quantitative estimate of drug-likeness (QED) is 0.623. The van der Waals surface area contributed by atoms with Crippen molar-refractivity contribution in [3.63, 3.8) is 0 Å². The molecule has 0 aliphatic rings. The molecule has 2 heteroatoms. The number of carbonyl (C=O) groups is 1. The van der Waals surface area contributed by atoms with Crippen LogP contribution >= 0.6 is 0 Å². The molecule has 0 heterocycles. The maximum atomic E-state index is 10.1. The molecule has 0 amide bonds. The second-order valence-corrected chi connectivity index (χ2v) is 3.39. The van der Waals surface area contributed by atoms with Crippen LogP contribution in [-0.4, -0.2) is 11.1 Å². The van der Waals surface area contributed by atoms with Gasteiger partial charge in [0.15, 0.2) is 0 Å². The van der Waals surface area contributed by atoms with Gasteiger partial charge in [0.1, 0.15) is 0 Å². The molecule has 0 radical (unpaired) electrons. The number of aliphatic carboxylic acids is 1. The Hall–Kier alpha value is -2.35. The highest BCUT2D eigenvalue weighted by Crippen LogP contribution is 1.98. The third-order valence-electron chi connectivity index (χ3n) is 1.97. The topological polar surface area (TPSA) is 37.3 Å². The van der Waals surface area contributed by atoms with Crippen LogP contribution in [0.5, 0.6) is 0 Å². The van der Waals surface area contributed by atoms with Gasteiger partial charge < -0.3 is 5.11 Å². The Morgan fingerprint density at radius 2 is 1.83 bits per heavy atom. The number of hydrogen-bond donors (Lipinski definition) is 1. The van der Waals surface area contributed by atoms with Gasteiger partial charge in [0, 0.05) is 5.57 Å². The lowest BCUT2D eigenvalue weighted by Gasteiger charge is -1.90. The summed E-state index contributed by atoms with van der Waals surface area (Å²) in [5.74, 6) is -0.950. The molecule has 1 rings (SSSR count). The molecule has 1 N–H and O–H groups in total. The standard InChI is InChI=1S/C8H10O2.C8H8/c1-3-4-5-6-7(2)8(9)10;1-2-8-6-4-3-5-7-8/h3-5H,1-2,6H2,(H,9,10);2-7H,1H2. The first-order chi connectivity index (χ1) is 8.61. The van der Waals surface area contributed by atoms with Gasteiger partial charge in [-0.05, 0) is 12.0 Å². The Kier molecular flexibility index (Phi) is 8.56. The van der Waals surface area contributed by atoms with Crippen LogP contribution in [0.1, 0.15) is 12.0 Å². The fourth-order valence-corrected chi connectivity index (χ4v) is 0.983. The Morgan fingerprint density at radius 3 is 2.22 bits per heavy atom. The van der Waals surface area contributed by atoms with Crippen molar-refractivity contribution in [2.45, 2.75) is 6.42 Å². The average molecular weight is 242 g/mol. The summed E-state index contributed by atoms with van der Waals surface area (Å²) in [7, 11) is 0. The minimum atomic E-state index is -0.950. The minimum absolute atomic E-state index is 0.193. The van der Waals surface area contributed by atoms with Gasteiger partial charge in [-0.15, -0.1) is 0 Å². The fourth-order valence-electron chi connectivity index (χ4n) is 0.983. The van der Waals surface area contributed by atoms with E-state index in [4.69, 9.17) is 5.11 Å². The molecule has 0 aliphatic carbocycles. The molecule has 0 aliphatic heterocycles. The van der Waals surface area contributed by atoms with Crippen molar-refractivity contribution in [3.8, 4) is 0 Å². The normalized spacial score (nSPS) is 9.11. The van der Waals surface area contributed by atoms with E-state index >= 15 is 0 Å². The van der Waals surface area contributed by atoms with E-state index in [9.17, 15) is 4.79 Å². The zero-order valence-electron chi connectivity index (χ0n) is 10.4. The van der Waals surface area contributed by atoms with Crippen molar-refractivity contribution < 1.29 is 9.90 Å². The Bertz CT molecular complexity index is 428. The summed E-state index contributed by atoms with van der Waals surface area (Å²) in [5.41, 5.74) is 1.37. The van der Waals surface area contributed by atoms with E-state index in [1.165, 1.54) is 5.56 Å². The minimum Gasteiger partial charge on any atom is -0.478 e. The monoisotopic (exact) mass is 242 g/mol.